The van der Waals surface area contributed by atoms with Crippen LogP contribution >= 0.6 is 0 Å². The third kappa shape index (κ3) is 3.32. The molecule has 1 aliphatic heterocycles. The van der Waals surface area contributed by atoms with Crippen molar-refractivity contribution in [3.63, 3.8) is 0 Å². The second-order valence-corrected chi connectivity index (χ2v) is 7.91. The molecule has 1 aliphatic rings. The van der Waals surface area contributed by atoms with E-state index in [4.69, 9.17) is 9.26 Å². The summed E-state index contributed by atoms with van der Waals surface area (Å²) in [4.78, 5) is 26.1. The lowest BCUT2D eigenvalue weighted by Crippen LogP contribution is -2.24. The summed E-state index contributed by atoms with van der Waals surface area (Å²) in [6, 6.07) is 11.6. The first-order chi connectivity index (χ1) is 15.9. The minimum Gasteiger partial charge on any atom is -0.493 e. The van der Waals surface area contributed by atoms with E-state index >= 15 is 0 Å². The van der Waals surface area contributed by atoms with E-state index in [0.717, 1.165) is 23.3 Å². The number of hydrogen-bond donors (Lipinski definition) is 1. The molecule has 0 aliphatic carbocycles. The molecule has 0 radical (unpaired) electrons. The zero-order valence-corrected chi connectivity index (χ0v) is 18.3. The Morgan fingerprint density at radius 1 is 1.18 bits per heavy atom. The number of benzene rings is 2. The molecule has 0 bridgehead atoms. The zero-order chi connectivity index (χ0) is 23.3. The van der Waals surface area contributed by atoms with Gasteiger partial charge in [0.1, 0.15) is 22.9 Å². The van der Waals surface area contributed by atoms with Gasteiger partial charge in [-0.05, 0) is 49.7 Å². The quantitative estimate of drug-likeness (QED) is 0.513. The van der Waals surface area contributed by atoms with E-state index in [1.807, 2.05) is 18.2 Å². The number of rotatable bonds is 4. The van der Waals surface area contributed by atoms with Crippen molar-refractivity contribution in [1.29, 1.82) is 0 Å². The molecule has 0 saturated carbocycles. The number of amides is 1. The standard InChI is InChI=1S/C24H21FN4O4/c1-13-20(27-33-22(13)16-8-9-19-15(12-16)10-11-32-19)23(30)26-21-14(2)28(3)29(24(21)31)18-7-5-4-6-17(18)25/h4-9,12H,10-11H2,1-3H3,(H,26,30). The Labute approximate surface area is 188 Å². The Kier molecular flexibility index (Phi) is 4.88. The van der Waals surface area contributed by atoms with Crippen LogP contribution in [0.25, 0.3) is 17.0 Å². The van der Waals surface area contributed by atoms with E-state index in [2.05, 4.69) is 10.5 Å². The molecule has 9 heteroatoms. The Balaban J connectivity index is 1.47. The second kappa shape index (κ2) is 7.77. The lowest BCUT2D eigenvalue weighted by Gasteiger charge is -2.08. The molecular formula is C24H21FN4O4. The van der Waals surface area contributed by atoms with Gasteiger partial charge in [-0.3, -0.25) is 14.3 Å². The lowest BCUT2D eigenvalue weighted by molar-refractivity contribution is 0.101. The first-order valence-electron chi connectivity index (χ1n) is 10.4. The van der Waals surface area contributed by atoms with E-state index in [0.29, 0.717) is 23.6 Å². The predicted molar refractivity (Wildman–Crippen MR) is 120 cm³/mol. The molecule has 0 atom stereocenters. The van der Waals surface area contributed by atoms with Crippen LogP contribution in [0.15, 0.2) is 51.8 Å². The molecule has 1 amide bonds. The fraction of sp³-hybridized carbons (Fsp3) is 0.208. The molecule has 2 aromatic heterocycles. The number of carbonyl (C=O) groups excluding carboxylic acids is 1. The number of nitrogens with zero attached hydrogens (tertiary/aromatic N) is 3. The maximum Gasteiger partial charge on any atom is 0.295 e. The monoisotopic (exact) mass is 448 g/mol. The van der Waals surface area contributed by atoms with Crippen LogP contribution in [0.4, 0.5) is 10.1 Å². The number of halogens is 1. The number of anilines is 1. The van der Waals surface area contributed by atoms with Gasteiger partial charge in [0.05, 0.1) is 12.3 Å². The van der Waals surface area contributed by atoms with E-state index in [1.54, 1.807) is 33.0 Å². The van der Waals surface area contributed by atoms with Crippen LogP contribution in [0.1, 0.15) is 27.3 Å². The van der Waals surface area contributed by atoms with Crippen molar-refractivity contribution in [2.45, 2.75) is 20.3 Å². The van der Waals surface area contributed by atoms with Gasteiger partial charge in [-0.25, -0.2) is 9.07 Å². The van der Waals surface area contributed by atoms with Gasteiger partial charge in [0.25, 0.3) is 11.5 Å². The fourth-order valence-electron chi connectivity index (χ4n) is 4.06. The summed E-state index contributed by atoms with van der Waals surface area (Å²) < 4.78 is 28.0. The van der Waals surface area contributed by atoms with Crippen molar-refractivity contribution >= 4 is 11.6 Å². The molecule has 1 N–H and O–H groups in total. The molecule has 168 valence electrons. The van der Waals surface area contributed by atoms with Crippen LogP contribution in [0, 0.1) is 19.7 Å². The molecule has 3 heterocycles. The summed E-state index contributed by atoms with van der Waals surface area (Å²) in [6.45, 7) is 4.05. The number of carbonyl (C=O) groups is 1. The van der Waals surface area contributed by atoms with Gasteiger partial charge < -0.3 is 14.6 Å². The normalized spacial score (nSPS) is 12.5. The Morgan fingerprint density at radius 3 is 2.76 bits per heavy atom. The summed E-state index contributed by atoms with van der Waals surface area (Å²) in [5.74, 6) is 0.191. The highest BCUT2D eigenvalue weighted by molar-refractivity contribution is 6.04. The summed E-state index contributed by atoms with van der Waals surface area (Å²) >= 11 is 0. The Bertz CT molecular complexity index is 1460. The van der Waals surface area contributed by atoms with E-state index in [-0.39, 0.29) is 17.1 Å². The minimum atomic E-state index is -0.585. The Hall–Kier alpha value is -4.14. The SMILES string of the molecule is Cc1c(C(=O)Nc2c(C)n(C)n(-c3ccccc3F)c2=O)noc1-c1ccc2c(c1)CCO2. The highest BCUT2D eigenvalue weighted by Crippen LogP contribution is 2.33. The van der Waals surface area contributed by atoms with Crippen molar-refractivity contribution in [2.24, 2.45) is 7.05 Å². The third-order valence-electron chi connectivity index (χ3n) is 5.96. The number of nitrogens with one attached hydrogen (secondary N) is 1. The molecule has 5 rings (SSSR count). The number of fused-ring (bicyclic) bond motifs is 1. The van der Waals surface area contributed by atoms with Crippen LogP contribution in [-0.4, -0.2) is 27.0 Å². The fourth-order valence-corrected chi connectivity index (χ4v) is 4.06. The van der Waals surface area contributed by atoms with Gasteiger partial charge >= 0.3 is 0 Å². The third-order valence-corrected chi connectivity index (χ3v) is 5.96. The van der Waals surface area contributed by atoms with Crippen LogP contribution in [0.5, 0.6) is 5.75 Å². The maximum absolute atomic E-state index is 14.3. The van der Waals surface area contributed by atoms with Crippen LogP contribution in [0.2, 0.25) is 0 Å². The van der Waals surface area contributed by atoms with Gasteiger partial charge in [0.15, 0.2) is 11.5 Å². The van der Waals surface area contributed by atoms with Gasteiger partial charge in [-0.2, -0.15) is 0 Å². The number of para-hydroxylation sites is 1. The smallest absolute Gasteiger partial charge is 0.295 e. The van der Waals surface area contributed by atoms with Crippen molar-refractivity contribution in [3.05, 3.63) is 81.2 Å². The first kappa shape index (κ1) is 20.7. The van der Waals surface area contributed by atoms with Crippen LogP contribution in [0.3, 0.4) is 0 Å². The highest BCUT2D eigenvalue weighted by atomic mass is 19.1. The number of aromatic nitrogens is 3. The minimum absolute atomic E-state index is 0.0457. The number of ether oxygens (including phenoxy) is 1. The average Bonchev–Trinajstić information content (AvgIpc) is 3.48. The molecule has 0 spiro atoms. The molecule has 0 unspecified atom stereocenters. The molecule has 8 nitrogen and oxygen atoms in total. The maximum atomic E-state index is 14.3. The molecular weight excluding hydrogens is 427 g/mol. The first-order valence-corrected chi connectivity index (χ1v) is 10.4. The van der Waals surface area contributed by atoms with Crippen LogP contribution in [-0.2, 0) is 13.5 Å². The number of hydrogen-bond acceptors (Lipinski definition) is 5. The van der Waals surface area contributed by atoms with Crippen molar-refractivity contribution in [3.8, 4) is 22.8 Å². The van der Waals surface area contributed by atoms with Crippen molar-refractivity contribution in [1.82, 2.24) is 14.5 Å². The Morgan fingerprint density at radius 2 is 1.97 bits per heavy atom. The van der Waals surface area contributed by atoms with Crippen LogP contribution < -0.4 is 15.6 Å². The molecule has 33 heavy (non-hydrogen) atoms. The summed E-state index contributed by atoms with van der Waals surface area (Å²) in [6.07, 6.45) is 0.811. The van der Waals surface area contributed by atoms with Gasteiger partial charge in [-0.1, -0.05) is 17.3 Å². The van der Waals surface area contributed by atoms with Crippen molar-refractivity contribution in [2.75, 3.05) is 11.9 Å². The average molecular weight is 448 g/mol. The van der Waals surface area contributed by atoms with Gasteiger partial charge in [0, 0.05) is 24.6 Å². The predicted octanol–water partition coefficient (Wildman–Crippen LogP) is 3.77. The largest absolute Gasteiger partial charge is 0.493 e. The van der Waals surface area contributed by atoms with E-state index < -0.39 is 17.3 Å². The van der Waals surface area contributed by atoms with Crippen molar-refractivity contribution < 1.29 is 18.4 Å². The topological polar surface area (TPSA) is 91.3 Å². The zero-order valence-electron chi connectivity index (χ0n) is 18.3. The van der Waals surface area contributed by atoms with Gasteiger partial charge in [0.2, 0.25) is 0 Å². The van der Waals surface area contributed by atoms with E-state index in [1.165, 1.54) is 21.5 Å². The highest BCUT2D eigenvalue weighted by Gasteiger charge is 2.25. The molecule has 2 aromatic carbocycles. The summed E-state index contributed by atoms with van der Waals surface area (Å²) in [5, 5.41) is 6.58. The van der Waals surface area contributed by atoms with E-state index in [9.17, 15) is 14.0 Å². The second-order valence-electron chi connectivity index (χ2n) is 7.91. The summed E-state index contributed by atoms with van der Waals surface area (Å²) in [7, 11) is 1.62. The molecule has 0 saturated heterocycles. The van der Waals surface area contributed by atoms with Gasteiger partial charge in [-0.15, -0.1) is 0 Å². The molecule has 0 fully saturated rings. The summed E-state index contributed by atoms with van der Waals surface area (Å²) in [5.41, 5.74) is 2.55. The molecule has 4 aromatic rings. The lowest BCUT2D eigenvalue weighted by atomic mass is 10.0.